The number of rotatable bonds is 5. The van der Waals surface area contributed by atoms with Crippen molar-refractivity contribution in [3.8, 4) is 11.8 Å². The van der Waals surface area contributed by atoms with Gasteiger partial charge in [0.25, 0.3) is 0 Å². The van der Waals surface area contributed by atoms with Gasteiger partial charge in [-0.1, -0.05) is 18.5 Å². The Morgan fingerprint density at radius 1 is 1.56 bits per heavy atom. The van der Waals surface area contributed by atoms with Gasteiger partial charge in [-0.05, 0) is 18.1 Å². The van der Waals surface area contributed by atoms with Crippen molar-refractivity contribution in [1.29, 1.82) is 5.26 Å². The molecule has 0 aromatic heterocycles. The zero-order valence-corrected chi connectivity index (χ0v) is 9.79. The highest BCUT2D eigenvalue weighted by Gasteiger charge is 2.11. The number of halogens is 1. The van der Waals surface area contributed by atoms with E-state index < -0.39 is 0 Å². The highest BCUT2D eigenvalue weighted by atomic mass is 35.5. The zero-order valence-electron chi connectivity index (χ0n) is 9.03. The molecule has 0 aliphatic rings. The van der Waals surface area contributed by atoms with Crippen molar-refractivity contribution >= 4 is 24.5 Å². The van der Waals surface area contributed by atoms with Crippen molar-refractivity contribution in [2.45, 2.75) is 13.3 Å². The van der Waals surface area contributed by atoms with E-state index >= 15 is 0 Å². The van der Waals surface area contributed by atoms with Crippen molar-refractivity contribution in [3.05, 3.63) is 23.3 Å². The van der Waals surface area contributed by atoms with Crippen LogP contribution in [0.4, 0.5) is 0 Å². The minimum Gasteiger partial charge on any atom is -0.491 e. The fourth-order valence-electron chi connectivity index (χ4n) is 1.44. The normalized spacial score (nSPS) is 9.62. The van der Waals surface area contributed by atoms with E-state index in [9.17, 15) is 0 Å². The van der Waals surface area contributed by atoms with Gasteiger partial charge in [0.15, 0.2) is 0 Å². The topological polar surface area (TPSA) is 53.2 Å². The molecule has 1 N–H and O–H groups in total. The Morgan fingerprint density at radius 3 is 2.81 bits per heavy atom. The lowest BCUT2D eigenvalue weighted by atomic mass is 9.85. The third-order valence-corrected chi connectivity index (χ3v) is 2.32. The number of benzene rings is 1. The van der Waals surface area contributed by atoms with E-state index in [4.69, 9.17) is 26.6 Å². The van der Waals surface area contributed by atoms with Gasteiger partial charge in [-0.15, -0.1) is 11.6 Å². The second kappa shape index (κ2) is 6.42. The van der Waals surface area contributed by atoms with Crippen LogP contribution < -0.4 is 10.2 Å². The van der Waals surface area contributed by atoms with Crippen LogP contribution in [0.25, 0.3) is 0 Å². The Kier molecular flexibility index (Phi) is 5.17. The van der Waals surface area contributed by atoms with Crippen LogP contribution in [0.5, 0.6) is 5.75 Å². The molecule has 3 nitrogen and oxygen atoms in total. The van der Waals surface area contributed by atoms with Crippen molar-refractivity contribution in [2.75, 3.05) is 12.5 Å². The van der Waals surface area contributed by atoms with Gasteiger partial charge in [0.2, 0.25) is 0 Å². The summed E-state index contributed by atoms with van der Waals surface area (Å²) in [4.78, 5) is 0. The second-order valence-corrected chi connectivity index (χ2v) is 3.57. The van der Waals surface area contributed by atoms with Crippen molar-refractivity contribution in [1.82, 2.24) is 0 Å². The third-order valence-electron chi connectivity index (χ3n) is 2.16. The molecule has 1 aromatic carbocycles. The number of nitriles is 1. The van der Waals surface area contributed by atoms with E-state index in [-0.39, 0.29) is 0 Å². The standard InChI is InChI=1S/C11H12BClNO2/c1-2-8-5-10(12-15)6-9(7-14)11(8)16-4-3-13/h5-6,15H,2-4H2,1H3. The van der Waals surface area contributed by atoms with E-state index in [2.05, 4.69) is 6.07 Å². The van der Waals surface area contributed by atoms with Crippen LogP contribution in [0.3, 0.4) is 0 Å². The molecule has 83 valence electrons. The summed E-state index contributed by atoms with van der Waals surface area (Å²) in [5.41, 5.74) is 1.92. The Bertz CT molecular complexity index is 404. The average molecular weight is 236 g/mol. The molecule has 1 aromatic rings. The molecule has 0 heterocycles. The molecule has 1 rings (SSSR count). The molecule has 16 heavy (non-hydrogen) atoms. The predicted octanol–water partition coefficient (Wildman–Crippen LogP) is 0.975. The summed E-state index contributed by atoms with van der Waals surface area (Å²) >= 11 is 5.55. The zero-order chi connectivity index (χ0) is 12.0. The lowest BCUT2D eigenvalue weighted by Crippen LogP contribution is -2.16. The Balaban J connectivity index is 3.16. The molecule has 0 aliphatic heterocycles. The smallest absolute Gasteiger partial charge is 0.326 e. The molecule has 0 spiro atoms. The van der Waals surface area contributed by atoms with Gasteiger partial charge in [-0.2, -0.15) is 5.26 Å². The summed E-state index contributed by atoms with van der Waals surface area (Å²) in [6.07, 6.45) is 0.730. The van der Waals surface area contributed by atoms with Crippen LogP contribution in [0.15, 0.2) is 12.1 Å². The summed E-state index contributed by atoms with van der Waals surface area (Å²) in [5.74, 6) is 0.943. The molecular formula is C11H12BClNO2. The fourth-order valence-corrected chi connectivity index (χ4v) is 1.52. The van der Waals surface area contributed by atoms with Crippen LogP contribution in [-0.4, -0.2) is 25.0 Å². The summed E-state index contributed by atoms with van der Waals surface area (Å²) in [7, 11) is 0.978. The van der Waals surface area contributed by atoms with Crippen molar-refractivity contribution in [2.24, 2.45) is 0 Å². The van der Waals surface area contributed by atoms with E-state index in [1.165, 1.54) is 0 Å². The number of aryl methyl sites for hydroxylation is 1. The van der Waals surface area contributed by atoms with Gasteiger partial charge >= 0.3 is 7.48 Å². The SMILES string of the molecule is CCc1cc([B]O)cc(C#N)c1OCCCl. The van der Waals surface area contributed by atoms with Crippen LogP contribution in [0.1, 0.15) is 18.1 Å². The first-order valence-corrected chi connectivity index (χ1v) is 5.53. The van der Waals surface area contributed by atoms with E-state index in [1.54, 1.807) is 12.1 Å². The van der Waals surface area contributed by atoms with Gasteiger partial charge < -0.3 is 9.76 Å². The average Bonchev–Trinajstić information content (AvgIpc) is 2.35. The maximum absolute atomic E-state index is 9.00. The minimum absolute atomic E-state index is 0.366. The summed E-state index contributed by atoms with van der Waals surface area (Å²) in [5, 5.41) is 17.9. The largest absolute Gasteiger partial charge is 0.491 e. The Hall–Kier alpha value is -1.18. The number of hydrogen-bond donors (Lipinski definition) is 1. The van der Waals surface area contributed by atoms with Gasteiger partial charge in [0.05, 0.1) is 11.4 Å². The molecule has 5 heteroatoms. The lowest BCUT2D eigenvalue weighted by molar-refractivity contribution is 0.338. The Morgan fingerprint density at radius 2 is 2.31 bits per heavy atom. The molecule has 0 saturated heterocycles. The quantitative estimate of drug-likeness (QED) is 0.612. The first-order chi connectivity index (χ1) is 7.76. The number of hydrogen-bond acceptors (Lipinski definition) is 3. The molecule has 0 saturated carbocycles. The third kappa shape index (κ3) is 2.91. The highest BCUT2D eigenvalue weighted by molar-refractivity contribution is 6.45. The summed E-state index contributed by atoms with van der Waals surface area (Å²) < 4.78 is 5.45. The molecule has 0 atom stereocenters. The molecule has 0 bridgehead atoms. The van der Waals surface area contributed by atoms with Gasteiger partial charge in [0, 0.05) is 0 Å². The highest BCUT2D eigenvalue weighted by Crippen LogP contribution is 2.23. The van der Waals surface area contributed by atoms with Gasteiger partial charge in [0.1, 0.15) is 18.4 Å². The number of ether oxygens (including phenoxy) is 1. The monoisotopic (exact) mass is 236 g/mol. The molecule has 0 aliphatic carbocycles. The van der Waals surface area contributed by atoms with Crippen LogP contribution in [0, 0.1) is 11.3 Å². The van der Waals surface area contributed by atoms with Crippen LogP contribution >= 0.6 is 11.6 Å². The van der Waals surface area contributed by atoms with E-state index in [0.717, 1.165) is 19.5 Å². The molecule has 0 amide bonds. The van der Waals surface area contributed by atoms with E-state index in [0.29, 0.717) is 29.3 Å². The van der Waals surface area contributed by atoms with Crippen molar-refractivity contribution in [3.63, 3.8) is 0 Å². The Labute approximate surface area is 101 Å². The lowest BCUT2D eigenvalue weighted by Gasteiger charge is -2.12. The summed E-state index contributed by atoms with van der Waals surface area (Å²) in [6.45, 7) is 2.33. The minimum atomic E-state index is 0.366. The fraction of sp³-hybridized carbons (Fsp3) is 0.364. The van der Waals surface area contributed by atoms with Crippen LogP contribution in [-0.2, 0) is 6.42 Å². The number of alkyl halides is 1. The van der Waals surface area contributed by atoms with E-state index in [1.807, 2.05) is 6.92 Å². The molecule has 1 radical (unpaired) electrons. The molecule has 0 fully saturated rings. The number of nitrogens with zero attached hydrogens (tertiary/aromatic N) is 1. The molecular weight excluding hydrogens is 224 g/mol. The summed E-state index contributed by atoms with van der Waals surface area (Å²) in [6, 6.07) is 5.44. The van der Waals surface area contributed by atoms with Gasteiger partial charge in [-0.3, -0.25) is 0 Å². The first kappa shape index (κ1) is 12.9. The van der Waals surface area contributed by atoms with Gasteiger partial charge in [-0.25, -0.2) is 0 Å². The first-order valence-electron chi connectivity index (χ1n) is 5.00. The second-order valence-electron chi connectivity index (χ2n) is 3.19. The van der Waals surface area contributed by atoms with Crippen molar-refractivity contribution < 1.29 is 9.76 Å². The maximum Gasteiger partial charge on any atom is 0.326 e. The maximum atomic E-state index is 9.00. The molecule has 0 unspecified atom stereocenters. The predicted molar refractivity (Wildman–Crippen MR) is 64.4 cm³/mol. The van der Waals surface area contributed by atoms with Crippen LogP contribution in [0.2, 0.25) is 0 Å².